The molecule has 1 aliphatic rings. The van der Waals surface area contributed by atoms with Crippen molar-refractivity contribution in [3.63, 3.8) is 0 Å². The fourth-order valence-corrected chi connectivity index (χ4v) is 1.80. The average molecular weight is 230 g/mol. The van der Waals surface area contributed by atoms with Crippen LogP contribution in [0, 0.1) is 19.8 Å². The van der Waals surface area contributed by atoms with Crippen LogP contribution in [0.2, 0.25) is 0 Å². The van der Waals surface area contributed by atoms with E-state index in [1.54, 1.807) is 0 Å². The van der Waals surface area contributed by atoms with Crippen molar-refractivity contribution in [2.75, 3.05) is 5.32 Å². The molecule has 17 heavy (non-hydrogen) atoms. The number of hydrogen-bond acceptors (Lipinski definition) is 3. The number of nitrogens with one attached hydrogen (secondary N) is 2. The topological polar surface area (TPSA) is 70.7 Å². The van der Waals surface area contributed by atoms with Crippen molar-refractivity contribution < 1.29 is 4.79 Å². The first kappa shape index (κ1) is 10.3. The number of aryl methyl sites for hydroxylation is 2. The van der Waals surface area contributed by atoms with Gasteiger partial charge in [-0.25, -0.2) is 4.98 Å². The van der Waals surface area contributed by atoms with Gasteiger partial charge in [0.15, 0.2) is 11.5 Å². The largest absolute Gasteiger partial charge is 0.308 e. The van der Waals surface area contributed by atoms with Crippen LogP contribution in [0.5, 0.6) is 0 Å². The molecule has 88 valence electrons. The van der Waals surface area contributed by atoms with Crippen LogP contribution in [0.3, 0.4) is 0 Å². The lowest BCUT2D eigenvalue weighted by Crippen LogP contribution is -2.13. The van der Waals surface area contributed by atoms with E-state index in [1.807, 2.05) is 19.9 Å². The summed E-state index contributed by atoms with van der Waals surface area (Å²) >= 11 is 0. The first-order chi connectivity index (χ1) is 8.15. The van der Waals surface area contributed by atoms with Crippen LogP contribution in [0.15, 0.2) is 6.07 Å². The van der Waals surface area contributed by atoms with Gasteiger partial charge in [0.1, 0.15) is 0 Å². The number of aromatic nitrogens is 3. The molecular weight excluding hydrogens is 216 g/mol. The number of nitrogens with zero attached hydrogens (tertiary/aromatic N) is 2. The minimum atomic E-state index is 0.0663. The van der Waals surface area contributed by atoms with Gasteiger partial charge in [0.25, 0.3) is 0 Å². The van der Waals surface area contributed by atoms with Gasteiger partial charge in [-0.15, -0.1) is 0 Å². The second kappa shape index (κ2) is 3.55. The van der Waals surface area contributed by atoms with E-state index >= 15 is 0 Å². The van der Waals surface area contributed by atoms with Crippen LogP contribution in [-0.2, 0) is 4.79 Å². The highest BCUT2D eigenvalue weighted by Crippen LogP contribution is 2.31. The summed E-state index contributed by atoms with van der Waals surface area (Å²) in [5.74, 6) is 0.838. The molecule has 1 amide bonds. The van der Waals surface area contributed by atoms with Gasteiger partial charge in [-0.2, -0.15) is 5.10 Å². The van der Waals surface area contributed by atoms with E-state index in [9.17, 15) is 4.79 Å². The molecule has 0 atom stereocenters. The average Bonchev–Trinajstić information content (AvgIpc) is 3.07. The SMILES string of the molecule is Cc1cc2c(NC(=O)C3CC3)n[nH]c2nc1C. The lowest BCUT2D eigenvalue weighted by Gasteiger charge is -2.02. The van der Waals surface area contributed by atoms with Gasteiger partial charge in [-0.05, 0) is 38.3 Å². The highest BCUT2D eigenvalue weighted by molar-refractivity contribution is 6.00. The molecule has 2 N–H and O–H groups in total. The van der Waals surface area contributed by atoms with Crippen LogP contribution >= 0.6 is 0 Å². The minimum Gasteiger partial charge on any atom is -0.308 e. The summed E-state index contributed by atoms with van der Waals surface area (Å²) in [6.45, 7) is 3.96. The summed E-state index contributed by atoms with van der Waals surface area (Å²) in [7, 11) is 0. The van der Waals surface area contributed by atoms with E-state index in [4.69, 9.17) is 0 Å². The molecule has 1 aliphatic carbocycles. The molecule has 5 nitrogen and oxygen atoms in total. The molecular formula is C12H14N4O. The quantitative estimate of drug-likeness (QED) is 0.828. The number of amides is 1. The minimum absolute atomic E-state index is 0.0663. The van der Waals surface area contributed by atoms with Crippen LogP contribution in [0.4, 0.5) is 5.82 Å². The maximum atomic E-state index is 11.7. The fourth-order valence-electron chi connectivity index (χ4n) is 1.80. The van der Waals surface area contributed by atoms with Crippen molar-refractivity contribution >= 4 is 22.8 Å². The van der Waals surface area contributed by atoms with Gasteiger partial charge >= 0.3 is 0 Å². The van der Waals surface area contributed by atoms with Crippen LogP contribution in [0.1, 0.15) is 24.1 Å². The Hall–Kier alpha value is -1.91. The van der Waals surface area contributed by atoms with Crippen molar-refractivity contribution in [2.24, 2.45) is 5.92 Å². The Balaban J connectivity index is 1.99. The van der Waals surface area contributed by atoms with E-state index in [1.165, 1.54) is 0 Å². The Bertz CT molecular complexity index is 598. The number of carbonyl (C=O) groups excluding carboxylic acids is 1. The van der Waals surface area contributed by atoms with Crippen molar-refractivity contribution in [2.45, 2.75) is 26.7 Å². The van der Waals surface area contributed by atoms with E-state index in [-0.39, 0.29) is 11.8 Å². The molecule has 0 bridgehead atoms. The van der Waals surface area contributed by atoms with Crippen molar-refractivity contribution in [3.05, 3.63) is 17.3 Å². The number of aromatic amines is 1. The summed E-state index contributed by atoms with van der Waals surface area (Å²) in [6, 6.07) is 2.00. The van der Waals surface area contributed by atoms with Crippen molar-refractivity contribution in [1.29, 1.82) is 0 Å². The molecule has 0 saturated heterocycles. The van der Waals surface area contributed by atoms with E-state index in [0.717, 1.165) is 35.1 Å². The zero-order valence-electron chi connectivity index (χ0n) is 9.87. The third kappa shape index (κ3) is 1.77. The summed E-state index contributed by atoms with van der Waals surface area (Å²) in [6.07, 6.45) is 1.98. The molecule has 0 spiro atoms. The highest BCUT2D eigenvalue weighted by atomic mass is 16.2. The van der Waals surface area contributed by atoms with Crippen LogP contribution in [0.25, 0.3) is 11.0 Å². The normalized spacial score (nSPS) is 15.2. The fraction of sp³-hybridized carbons (Fsp3) is 0.417. The molecule has 2 heterocycles. The molecule has 3 rings (SSSR count). The van der Waals surface area contributed by atoms with Crippen LogP contribution < -0.4 is 5.32 Å². The predicted octanol–water partition coefficient (Wildman–Crippen LogP) is 1.92. The highest BCUT2D eigenvalue weighted by Gasteiger charge is 2.30. The van der Waals surface area contributed by atoms with E-state index < -0.39 is 0 Å². The molecule has 2 aromatic heterocycles. The van der Waals surface area contributed by atoms with Crippen LogP contribution in [-0.4, -0.2) is 21.1 Å². The smallest absolute Gasteiger partial charge is 0.228 e. The number of rotatable bonds is 2. The molecule has 2 aromatic rings. The predicted molar refractivity (Wildman–Crippen MR) is 64.7 cm³/mol. The number of anilines is 1. The van der Waals surface area contributed by atoms with Gasteiger partial charge in [0.2, 0.25) is 5.91 Å². The second-order valence-electron chi connectivity index (χ2n) is 4.62. The molecule has 0 radical (unpaired) electrons. The van der Waals surface area contributed by atoms with Gasteiger partial charge in [-0.3, -0.25) is 9.89 Å². The lowest BCUT2D eigenvalue weighted by atomic mass is 10.2. The number of fused-ring (bicyclic) bond motifs is 1. The molecule has 0 aromatic carbocycles. The van der Waals surface area contributed by atoms with Crippen molar-refractivity contribution in [1.82, 2.24) is 15.2 Å². The van der Waals surface area contributed by atoms with Gasteiger partial charge in [0.05, 0.1) is 5.39 Å². The zero-order chi connectivity index (χ0) is 12.0. The maximum absolute atomic E-state index is 11.7. The number of carbonyl (C=O) groups is 1. The second-order valence-corrected chi connectivity index (χ2v) is 4.62. The summed E-state index contributed by atoms with van der Waals surface area (Å²) in [4.78, 5) is 16.1. The summed E-state index contributed by atoms with van der Waals surface area (Å²) < 4.78 is 0. The maximum Gasteiger partial charge on any atom is 0.228 e. The monoisotopic (exact) mass is 230 g/mol. The standard InChI is InChI=1S/C12H14N4O/c1-6-5-9-10(13-7(6)2)15-16-11(9)14-12(17)8-3-4-8/h5,8H,3-4H2,1-2H3,(H2,13,14,15,16,17). The molecule has 0 aliphatic heterocycles. The third-order valence-corrected chi connectivity index (χ3v) is 3.18. The Morgan fingerprint density at radius 1 is 1.47 bits per heavy atom. The molecule has 1 fully saturated rings. The summed E-state index contributed by atoms with van der Waals surface area (Å²) in [5.41, 5.74) is 2.79. The molecule has 5 heteroatoms. The van der Waals surface area contributed by atoms with E-state index in [2.05, 4.69) is 20.5 Å². The Kier molecular flexibility index (Phi) is 2.14. The van der Waals surface area contributed by atoms with Gasteiger partial charge in [-0.1, -0.05) is 0 Å². The zero-order valence-corrected chi connectivity index (χ0v) is 9.87. The van der Waals surface area contributed by atoms with Gasteiger partial charge in [0, 0.05) is 11.6 Å². The number of pyridine rings is 1. The Morgan fingerprint density at radius 3 is 2.94 bits per heavy atom. The lowest BCUT2D eigenvalue weighted by molar-refractivity contribution is -0.117. The Morgan fingerprint density at radius 2 is 2.24 bits per heavy atom. The summed E-state index contributed by atoms with van der Waals surface area (Å²) in [5, 5.41) is 10.7. The number of hydrogen-bond donors (Lipinski definition) is 2. The van der Waals surface area contributed by atoms with E-state index in [0.29, 0.717) is 5.82 Å². The van der Waals surface area contributed by atoms with Gasteiger partial charge < -0.3 is 5.32 Å². The van der Waals surface area contributed by atoms with Crippen molar-refractivity contribution in [3.8, 4) is 0 Å². The molecule has 1 saturated carbocycles. The molecule has 0 unspecified atom stereocenters. The first-order valence-electron chi connectivity index (χ1n) is 5.78. The number of H-pyrrole nitrogens is 1. The first-order valence-corrected chi connectivity index (χ1v) is 5.78. The third-order valence-electron chi connectivity index (χ3n) is 3.18. The Labute approximate surface area is 98.6 Å².